The number of hydrogen-bond acceptors (Lipinski definition) is 2. The second-order valence-corrected chi connectivity index (χ2v) is 7.26. The maximum absolute atomic E-state index is 6.17. The van der Waals surface area contributed by atoms with Crippen molar-refractivity contribution in [3.8, 4) is 0 Å². The molecule has 0 radical (unpaired) electrons. The van der Waals surface area contributed by atoms with Crippen LogP contribution in [0.5, 0.6) is 0 Å². The molecule has 0 aromatic heterocycles. The van der Waals surface area contributed by atoms with Crippen molar-refractivity contribution in [2.75, 3.05) is 6.61 Å². The molecule has 1 aliphatic heterocycles. The molecule has 0 aliphatic carbocycles. The van der Waals surface area contributed by atoms with E-state index in [0.717, 1.165) is 6.61 Å². The van der Waals surface area contributed by atoms with E-state index in [1.807, 2.05) is 0 Å². The molecule has 1 aliphatic rings. The van der Waals surface area contributed by atoms with Gasteiger partial charge in [0.25, 0.3) is 0 Å². The van der Waals surface area contributed by atoms with Crippen molar-refractivity contribution in [1.29, 1.82) is 0 Å². The van der Waals surface area contributed by atoms with Gasteiger partial charge < -0.3 is 10.2 Å². The largest absolute Gasteiger partial charge is 0.418 e. The highest BCUT2D eigenvalue weighted by molar-refractivity contribution is 6.53. The highest BCUT2D eigenvalue weighted by atomic mass is 28.3. The SMILES string of the molecule is CCCCCCC(N)[SiH]1CCCCO1. The fourth-order valence-corrected chi connectivity index (χ4v) is 4.71. The van der Waals surface area contributed by atoms with Gasteiger partial charge in [-0.3, -0.25) is 0 Å². The average molecular weight is 215 g/mol. The van der Waals surface area contributed by atoms with Crippen LogP contribution in [-0.2, 0) is 4.43 Å². The summed E-state index contributed by atoms with van der Waals surface area (Å²) in [5.74, 6) is 0. The van der Waals surface area contributed by atoms with Crippen molar-refractivity contribution in [2.24, 2.45) is 5.73 Å². The predicted molar refractivity (Wildman–Crippen MR) is 63.9 cm³/mol. The van der Waals surface area contributed by atoms with Crippen molar-refractivity contribution < 1.29 is 4.43 Å². The van der Waals surface area contributed by atoms with Crippen LogP contribution in [0, 0.1) is 0 Å². The maximum Gasteiger partial charge on any atom is 0.193 e. The van der Waals surface area contributed by atoms with E-state index in [1.54, 1.807) is 0 Å². The van der Waals surface area contributed by atoms with Gasteiger partial charge in [0.2, 0.25) is 0 Å². The molecule has 2 N–H and O–H groups in total. The topological polar surface area (TPSA) is 35.2 Å². The first-order valence-electron chi connectivity index (χ1n) is 6.21. The fraction of sp³-hybridized carbons (Fsp3) is 1.00. The highest BCUT2D eigenvalue weighted by Crippen LogP contribution is 2.16. The smallest absolute Gasteiger partial charge is 0.193 e. The lowest BCUT2D eigenvalue weighted by Gasteiger charge is -2.26. The Hall–Kier alpha value is 0.137. The van der Waals surface area contributed by atoms with Gasteiger partial charge in [-0.1, -0.05) is 39.0 Å². The standard InChI is InChI=1S/C11H25NOSi/c1-2-3-4-5-8-11(12)14-10-7-6-9-13-14/h11,14H,2-10,12H2,1H3. The summed E-state index contributed by atoms with van der Waals surface area (Å²) in [6.07, 6.45) is 9.15. The summed E-state index contributed by atoms with van der Waals surface area (Å²) in [6, 6.07) is 1.31. The van der Waals surface area contributed by atoms with Crippen LogP contribution >= 0.6 is 0 Å². The van der Waals surface area contributed by atoms with Gasteiger partial charge >= 0.3 is 0 Å². The Morgan fingerprint density at radius 3 is 2.79 bits per heavy atom. The number of hydrogen-bond donors (Lipinski definition) is 1. The lowest BCUT2D eigenvalue weighted by Crippen LogP contribution is -2.42. The molecule has 0 amide bonds. The molecule has 14 heavy (non-hydrogen) atoms. The molecule has 0 spiro atoms. The van der Waals surface area contributed by atoms with E-state index in [1.165, 1.54) is 51.0 Å². The molecule has 1 fully saturated rings. The summed E-state index contributed by atoms with van der Waals surface area (Å²) in [4.78, 5) is 0. The lowest BCUT2D eigenvalue weighted by atomic mass is 10.1. The van der Waals surface area contributed by atoms with Gasteiger partial charge in [0.05, 0.1) is 0 Å². The molecule has 0 saturated carbocycles. The van der Waals surface area contributed by atoms with Crippen LogP contribution in [0.2, 0.25) is 6.04 Å². The van der Waals surface area contributed by atoms with E-state index >= 15 is 0 Å². The number of nitrogens with two attached hydrogens (primary N) is 1. The van der Waals surface area contributed by atoms with E-state index in [4.69, 9.17) is 10.2 Å². The molecule has 1 heterocycles. The maximum atomic E-state index is 6.17. The molecule has 2 nitrogen and oxygen atoms in total. The molecule has 1 saturated heterocycles. The minimum absolute atomic E-state index is 0.423. The van der Waals surface area contributed by atoms with E-state index < -0.39 is 9.04 Å². The van der Waals surface area contributed by atoms with Crippen LogP contribution in [0.25, 0.3) is 0 Å². The Bertz CT molecular complexity index is 137. The van der Waals surface area contributed by atoms with Crippen molar-refractivity contribution in [2.45, 2.75) is 63.6 Å². The summed E-state index contributed by atoms with van der Waals surface area (Å²) < 4.78 is 5.81. The molecular formula is C11H25NOSi. The second kappa shape index (κ2) is 7.43. The van der Waals surface area contributed by atoms with E-state index in [9.17, 15) is 0 Å². The van der Waals surface area contributed by atoms with Gasteiger partial charge in [-0.2, -0.15) is 0 Å². The fourth-order valence-electron chi connectivity index (χ4n) is 2.10. The minimum atomic E-state index is -0.994. The van der Waals surface area contributed by atoms with E-state index in [-0.39, 0.29) is 0 Å². The Morgan fingerprint density at radius 2 is 2.14 bits per heavy atom. The number of rotatable bonds is 6. The zero-order valence-corrected chi connectivity index (χ0v) is 10.7. The first-order chi connectivity index (χ1) is 6.84. The second-order valence-electron chi connectivity index (χ2n) is 4.42. The van der Waals surface area contributed by atoms with Gasteiger partial charge in [0.1, 0.15) is 0 Å². The lowest BCUT2D eigenvalue weighted by molar-refractivity contribution is 0.278. The van der Waals surface area contributed by atoms with Gasteiger partial charge in [0, 0.05) is 12.3 Å². The molecule has 1 rings (SSSR count). The van der Waals surface area contributed by atoms with E-state index in [0.29, 0.717) is 5.67 Å². The summed E-state index contributed by atoms with van der Waals surface area (Å²) >= 11 is 0. The van der Waals surface area contributed by atoms with Gasteiger partial charge in [-0.25, -0.2) is 0 Å². The molecular weight excluding hydrogens is 190 g/mol. The predicted octanol–water partition coefficient (Wildman–Crippen LogP) is 2.36. The zero-order chi connectivity index (χ0) is 10.2. The quantitative estimate of drug-likeness (QED) is 0.545. The normalized spacial score (nSPS) is 24.9. The van der Waals surface area contributed by atoms with Gasteiger partial charge in [-0.15, -0.1) is 0 Å². The zero-order valence-electron chi connectivity index (χ0n) is 9.50. The van der Waals surface area contributed by atoms with E-state index in [2.05, 4.69) is 6.92 Å². The third-order valence-corrected chi connectivity index (χ3v) is 6.01. The van der Waals surface area contributed by atoms with Crippen molar-refractivity contribution in [3.05, 3.63) is 0 Å². The molecule has 2 unspecified atom stereocenters. The average Bonchev–Trinajstić information content (AvgIpc) is 2.25. The van der Waals surface area contributed by atoms with Gasteiger partial charge in [0.15, 0.2) is 9.04 Å². The first-order valence-corrected chi connectivity index (χ1v) is 8.17. The number of unbranched alkanes of at least 4 members (excludes halogenated alkanes) is 3. The Balaban J connectivity index is 2.04. The van der Waals surface area contributed by atoms with Crippen LogP contribution in [0.15, 0.2) is 0 Å². The van der Waals surface area contributed by atoms with Crippen LogP contribution < -0.4 is 5.73 Å². The van der Waals surface area contributed by atoms with Crippen molar-refractivity contribution in [3.63, 3.8) is 0 Å². The van der Waals surface area contributed by atoms with Crippen LogP contribution in [-0.4, -0.2) is 21.3 Å². The Labute approximate surface area is 89.9 Å². The van der Waals surface area contributed by atoms with Crippen LogP contribution in [0.1, 0.15) is 51.9 Å². The summed E-state index contributed by atoms with van der Waals surface area (Å²) in [7, 11) is -0.994. The summed E-state index contributed by atoms with van der Waals surface area (Å²) in [6.45, 7) is 3.23. The van der Waals surface area contributed by atoms with Crippen LogP contribution in [0.3, 0.4) is 0 Å². The molecule has 0 aromatic rings. The molecule has 0 aromatic carbocycles. The summed E-state index contributed by atoms with van der Waals surface area (Å²) in [5.41, 5.74) is 6.59. The third kappa shape index (κ3) is 4.58. The summed E-state index contributed by atoms with van der Waals surface area (Å²) in [5, 5.41) is 0. The third-order valence-electron chi connectivity index (χ3n) is 3.08. The van der Waals surface area contributed by atoms with Gasteiger partial charge in [-0.05, 0) is 18.9 Å². The molecule has 2 atom stereocenters. The molecule has 3 heteroatoms. The minimum Gasteiger partial charge on any atom is -0.418 e. The highest BCUT2D eigenvalue weighted by Gasteiger charge is 2.22. The monoisotopic (exact) mass is 215 g/mol. The molecule has 84 valence electrons. The Kier molecular flexibility index (Phi) is 6.48. The van der Waals surface area contributed by atoms with Crippen LogP contribution in [0.4, 0.5) is 0 Å². The molecule has 0 bridgehead atoms. The van der Waals surface area contributed by atoms with Crippen molar-refractivity contribution >= 4 is 9.04 Å². The van der Waals surface area contributed by atoms with Crippen molar-refractivity contribution in [1.82, 2.24) is 0 Å². The first kappa shape index (κ1) is 12.2. The Morgan fingerprint density at radius 1 is 1.29 bits per heavy atom.